The lowest BCUT2D eigenvalue weighted by molar-refractivity contribution is 0.328. The number of nitrogens with zero attached hydrogens (tertiary/aromatic N) is 3. The molecule has 1 atom stereocenters. The summed E-state index contributed by atoms with van der Waals surface area (Å²) in [4.78, 5) is 4.63. The standard InChI is InChI=1S/C21H33N5O/c1-7-22-21(23-12-13-27-19-10-8-15(2)9-11-19)24-16(3)14-20-17(4)25-26(6)18(20)5/h8-11,16H,7,12-14H2,1-6H3,(H2,22,23,24). The molecule has 0 saturated heterocycles. The molecule has 0 aliphatic rings. The molecule has 0 aliphatic heterocycles. The fraction of sp³-hybridized carbons (Fsp3) is 0.524. The number of hydrogen-bond acceptors (Lipinski definition) is 3. The van der Waals surface area contributed by atoms with E-state index in [9.17, 15) is 0 Å². The molecule has 6 heteroatoms. The van der Waals surface area contributed by atoms with Crippen molar-refractivity contribution in [3.05, 3.63) is 46.8 Å². The molecule has 1 aromatic carbocycles. The number of ether oxygens (including phenoxy) is 1. The van der Waals surface area contributed by atoms with Crippen LogP contribution in [0.2, 0.25) is 0 Å². The number of nitrogens with one attached hydrogen (secondary N) is 2. The lowest BCUT2D eigenvalue weighted by Gasteiger charge is -2.18. The smallest absolute Gasteiger partial charge is 0.191 e. The van der Waals surface area contributed by atoms with Gasteiger partial charge in [-0.2, -0.15) is 5.10 Å². The number of rotatable bonds is 8. The van der Waals surface area contributed by atoms with E-state index in [1.165, 1.54) is 16.8 Å². The molecule has 0 bridgehead atoms. The summed E-state index contributed by atoms with van der Waals surface area (Å²) in [7, 11) is 1.99. The van der Waals surface area contributed by atoms with Crippen LogP contribution >= 0.6 is 0 Å². The quantitative estimate of drug-likeness (QED) is 0.425. The van der Waals surface area contributed by atoms with Gasteiger partial charge in [0.15, 0.2) is 5.96 Å². The minimum Gasteiger partial charge on any atom is -0.492 e. The van der Waals surface area contributed by atoms with Gasteiger partial charge in [0.1, 0.15) is 12.4 Å². The maximum absolute atomic E-state index is 5.75. The van der Waals surface area contributed by atoms with E-state index in [1.807, 2.05) is 36.0 Å². The molecule has 2 rings (SSSR count). The average Bonchev–Trinajstić information content (AvgIpc) is 2.86. The first-order valence-corrected chi connectivity index (χ1v) is 9.64. The van der Waals surface area contributed by atoms with Gasteiger partial charge in [-0.05, 0) is 58.7 Å². The zero-order valence-corrected chi connectivity index (χ0v) is 17.5. The summed E-state index contributed by atoms with van der Waals surface area (Å²) in [5.74, 6) is 1.70. The Hall–Kier alpha value is -2.50. The second-order valence-electron chi connectivity index (χ2n) is 6.94. The molecule has 0 radical (unpaired) electrons. The lowest BCUT2D eigenvalue weighted by atomic mass is 10.1. The van der Waals surface area contributed by atoms with Crippen molar-refractivity contribution in [2.75, 3.05) is 19.7 Å². The molecular formula is C21H33N5O. The summed E-state index contributed by atoms with van der Waals surface area (Å²) >= 11 is 0. The largest absolute Gasteiger partial charge is 0.492 e. The van der Waals surface area contributed by atoms with Crippen LogP contribution in [0.3, 0.4) is 0 Å². The topological polar surface area (TPSA) is 63.5 Å². The third kappa shape index (κ3) is 6.31. The van der Waals surface area contributed by atoms with Gasteiger partial charge < -0.3 is 15.4 Å². The van der Waals surface area contributed by atoms with Crippen LogP contribution in [-0.2, 0) is 13.5 Å². The van der Waals surface area contributed by atoms with Crippen molar-refractivity contribution in [2.45, 2.75) is 47.1 Å². The first-order valence-electron chi connectivity index (χ1n) is 9.64. The summed E-state index contributed by atoms with van der Waals surface area (Å²) in [5.41, 5.74) is 4.84. The number of hydrogen-bond donors (Lipinski definition) is 2. The van der Waals surface area contributed by atoms with Crippen molar-refractivity contribution in [3.63, 3.8) is 0 Å². The van der Waals surface area contributed by atoms with Gasteiger partial charge in [-0.1, -0.05) is 17.7 Å². The Labute approximate surface area is 163 Å². The molecule has 1 aromatic heterocycles. The van der Waals surface area contributed by atoms with Crippen molar-refractivity contribution in [3.8, 4) is 5.75 Å². The fourth-order valence-corrected chi connectivity index (χ4v) is 2.98. The molecule has 6 nitrogen and oxygen atoms in total. The van der Waals surface area contributed by atoms with Gasteiger partial charge in [-0.3, -0.25) is 4.68 Å². The van der Waals surface area contributed by atoms with Gasteiger partial charge in [-0.15, -0.1) is 0 Å². The Morgan fingerprint density at radius 1 is 1.22 bits per heavy atom. The normalized spacial score (nSPS) is 12.7. The van der Waals surface area contributed by atoms with Crippen LogP contribution < -0.4 is 15.4 Å². The van der Waals surface area contributed by atoms with E-state index in [4.69, 9.17) is 4.74 Å². The Morgan fingerprint density at radius 2 is 1.93 bits per heavy atom. The van der Waals surface area contributed by atoms with Gasteiger partial charge in [-0.25, -0.2) is 4.99 Å². The zero-order valence-electron chi connectivity index (χ0n) is 17.5. The van der Waals surface area contributed by atoms with E-state index in [0.29, 0.717) is 13.2 Å². The minimum absolute atomic E-state index is 0.252. The van der Waals surface area contributed by atoms with Gasteiger partial charge in [0, 0.05) is 25.3 Å². The Balaban J connectivity index is 1.87. The van der Waals surface area contributed by atoms with Crippen LogP contribution in [0.5, 0.6) is 5.75 Å². The summed E-state index contributed by atoms with van der Waals surface area (Å²) in [5, 5.41) is 11.3. The van der Waals surface area contributed by atoms with Crippen LogP contribution in [0.4, 0.5) is 0 Å². The highest BCUT2D eigenvalue weighted by Gasteiger charge is 2.13. The molecule has 0 amide bonds. The SMILES string of the molecule is CCNC(=NCCOc1ccc(C)cc1)NC(C)Cc1c(C)nn(C)c1C. The summed E-state index contributed by atoms with van der Waals surface area (Å²) in [6, 6.07) is 8.33. The molecule has 2 aromatic rings. The molecule has 27 heavy (non-hydrogen) atoms. The zero-order chi connectivity index (χ0) is 19.8. The average molecular weight is 372 g/mol. The predicted molar refractivity (Wildman–Crippen MR) is 112 cm³/mol. The Bertz CT molecular complexity index is 749. The van der Waals surface area contributed by atoms with Crippen LogP contribution in [0, 0.1) is 20.8 Å². The van der Waals surface area contributed by atoms with Crippen LogP contribution in [-0.4, -0.2) is 41.5 Å². The van der Waals surface area contributed by atoms with E-state index in [2.05, 4.69) is 55.3 Å². The van der Waals surface area contributed by atoms with Gasteiger partial charge in [0.2, 0.25) is 0 Å². The summed E-state index contributed by atoms with van der Waals surface area (Å²) in [6.07, 6.45) is 0.912. The molecule has 2 N–H and O–H groups in total. The summed E-state index contributed by atoms with van der Waals surface area (Å²) in [6.45, 7) is 12.5. The fourth-order valence-electron chi connectivity index (χ4n) is 2.98. The number of guanidine groups is 1. The number of aryl methyl sites for hydroxylation is 3. The van der Waals surface area contributed by atoms with E-state index in [-0.39, 0.29) is 6.04 Å². The molecule has 148 valence electrons. The second kappa shape index (κ2) is 10.00. The molecule has 0 fully saturated rings. The van der Waals surface area contributed by atoms with E-state index in [0.717, 1.165) is 30.4 Å². The third-order valence-corrected chi connectivity index (χ3v) is 4.55. The first kappa shape index (κ1) is 20.8. The highest BCUT2D eigenvalue weighted by atomic mass is 16.5. The molecule has 1 heterocycles. The monoisotopic (exact) mass is 371 g/mol. The van der Waals surface area contributed by atoms with E-state index >= 15 is 0 Å². The highest BCUT2D eigenvalue weighted by Crippen LogP contribution is 2.14. The molecule has 0 saturated carbocycles. The Kier molecular flexibility index (Phi) is 7.70. The number of aromatic nitrogens is 2. The van der Waals surface area contributed by atoms with Crippen molar-refractivity contribution in [1.82, 2.24) is 20.4 Å². The van der Waals surface area contributed by atoms with Crippen molar-refractivity contribution >= 4 is 5.96 Å². The first-order chi connectivity index (χ1) is 12.9. The van der Waals surface area contributed by atoms with E-state index in [1.54, 1.807) is 0 Å². The maximum atomic E-state index is 5.75. The molecule has 0 aliphatic carbocycles. The maximum Gasteiger partial charge on any atom is 0.191 e. The third-order valence-electron chi connectivity index (χ3n) is 4.55. The molecule has 0 spiro atoms. The van der Waals surface area contributed by atoms with Gasteiger partial charge in [0.25, 0.3) is 0 Å². The van der Waals surface area contributed by atoms with Gasteiger partial charge in [0.05, 0.1) is 12.2 Å². The predicted octanol–water partition coefficient (Wildman–Crippen LogP) is 2.91. The Morgan fingerprint density at radius 3 is 2.52 bits per heavy atom. The number of benzene rings is 1. The molecular weight excluding hydrogens is 338 g/mol. The number of aliphatic imine (C=N–C) groups is 1. The second-order valence-corrected chi connectivity index (χ2v) is 6.94. The van der Waals surface area contributed by atoms with E-state index < -0.39 is 0 Å². The van der Waals surface area contributed by atoms with Crippen LogP contribution in [0.25, 0.3) is 0 Å². The van der Waals surface area contributed by atoms with Crippen LogP contribution in [0.15, 0.2) is 29.3 Å². The highest BCUT2D eigenvalue weighted by molar-refractivity contribution is 5.80. The van der Waals surface area contributed by atoms with Crippen molar-refractivity contribution < 1.29 is 4.74 Å². The van der Waals surface area contributed by atoms with Crippen molar-refractivity contribution in [2.24, 2.45) is 12.0 Å². The minimum atomic E-state index is 0.252. The molecule has 1 unspecified atom stereocenters. The summed E-state index contributed by atoms with van der Waals surface area (Å²) < 4.78 is 7.69. The van der Waals surface area contributed by atoms with Crippen molar-refractivity contribution in [1.29, 1.82) is 0 Å². The van der Waals surface area contributed by atoms with Crippen LogP contribution in [0.1, 0.15) is 36.4 Å². The lowest BCUT2D eigenvalue weighted by Crippen LogP contribution is -2.43. The van der Waals surface area contributed by atoms with Gasteiger partial charge >= 0.3 is 0 Å².